The van der Waals surface area contributed by atoms with Crippen LogP contribution in [0, 0.1) is 5.82 Å². The van der Waals surface area contributed by atoms with Gasteiger partial charge in [0, 0.05) is 5.54 Å². The van der Waals surface area contributed by atoms with E-state index in [-0.39, 0.29) is 11.1 Å². The number of benzene rings is 1. The van der Waals surface area contributed by atoms with Gasteiger partial charge in [0.05, 0.1) is 0 Å². The van der Waals surface area contributed by atoms with E-state index in [4.69, 9.17) is 0 Å². The highest BCUT2D eigenvalue weighted by Crippen LogP contribution is 2.28. The fraction of sp³-hybridized carbons (Fsp3) is 0.286. The number of hydrogen-bond donors (Lipinski definition) is 2. The highest BCUT2D eigenvalue weighted by Gasteiger charge is 2.23. The molecule has 0 radical (unpaired) electrons. The molecule has 106 valence electrons. The van der Waals surface area contributed by atoms with Crippen molar-refractivity contribution in [1.29, 1.82) is 0 Å². The molecule has 0 fully saturated rings. The first-order chi connectivity index (χ1) is 9.21. The minimum Gasteiger partial charge on any atom is -0.494 e. The fourth-order valence-electron chi connectivity index (χ4n) is 2.05. The topological polar surface area (TPSA) is 75.1 Å². The van der Waals surface area contributed by atoms with Gasteiger partial charge in [-0.05, 0) is 38.5 Å². The van der Waals surface area contributed by atoms with Gasteiger partial charge in [0.1, 0.15) is 11.4 Å². The van der Waals surface area contributed by atoms with Gasteiger partial charge in [0.2, 0.25) is 5.88 Å². The Kier molecular flexibility index (Phi) is 3.25. The van der Waals surface area contributed by atoms with Crippen molar-refractivity contribution in [2.45, 2.75) is 26.3 Å². The minimum atomic E-state index is -0.751. The number of aromatic nitrogens is 2. The van der Waals surface area contributed by atoms with E-state index >= 15 is 0 Å². The number of halogens is 1. The Labute approximate surface area is 114 Å². The zero-order valence-electron chi connectivity index (χ0n) is 11.4. The van der Waals surface area contributed by atoms with Gasteiger partial charge in [0.15, 0.2) is 0 Å². The molecule has 0 aliphatic heterocycles. The summed E-state index contributed by atoms with van der Waals surface area (Å²) < 4.78 is 14.3. The van der Waals surface area contributed by atoms with Crippen LogP contribution in [0.4, 0.5) is 4.39 Å². The van der Waals surface area contributed by atoms with Crippen LogP contribution in [0.5, 0.6) is 5.88 Å². The molecule has 1 heterocycles. The molecule has 6 heteroatoms. The number of nitrogens with one attached hydrogen (secondary N) is 1. The quantitative estimate of drug-likeness (QED) is 0.835. The van der Waals surface area contributed by atoms with E-state index in [1.165, 1.54) is 18.2 Å². The van der Waals surface area contributed by atoms with Crippen LogP contribution in [0.1, 0.15) is 20.8 Å². The lowest BCUT2D eigenvalue weighted by molar-refractivity contribution is 0.308. The van der Waals surface area contributed by atoms with Gasteiger partial charge in [-0.15, -0.1) is 0 Å². The van der Waals surface area contributed by atoms with E-state index < -0.39 is 28.5 Å². The molecule has 1 aromatic carbocycles. The lowest BCUT2D eigenvalue weighted by Crippen LogP contribution is -2.39. The third kappa shape index (κ3) is 2.36. The molecule has 20 heavy (non-hydrogen) atoms. The van der Waals surface area contributed by atoms with Crippen LogP contribution in [0.3, 0.4) is 0 Å². The van der Waals surface area contributed by atoms with Gasteiger partial charge in [-0.25, -0.2) is 9.18 Å². The molecule has 2 N–H and O–H groups in total. The van der Waals surface area contributed by atoms with E-state index in [2.05, 4.69) is 4.98 Å². The van der Waals surface area contributed by atoms with Gasteiger partial charge in [0.25, 0.3) is 5.56 Å². The largest absolute Gasteiger partial charge is 0.494 e. The summed E-state index contributed by atoms with van der Waals surface area (Å²) in [5, 5.41) is 10.3. The molecule has 0 aliphatic rings. The highest BCUT2D eigenvalue weighted by atomic mass is 19.1. The Morgan fingerprint density at radius 3 is 2.45 bits per heavy atom. The average molecular weight is 278 g/mol. The molecule has 0 bridgehead atoms. The molecule has 5 nitrogen and oxygen atoms in total. The summed E-state index contributed by atoms with van der Waals surface area (Å²) in [6, 6.07) is 5.28. The summed E-state index contributed by atoms with van der Waals surface area (Å²) in [6.45, 7) is 5.13. The molecule has 0 saturated carbocycles. The van der Waals surface area contributed by atoms with Gasteiger partial charge < -0.3 is 5.11 Å². The molecule has 1 aromatic heterocycles. The molecule has 0 amide bonds. The van der Waals surface area contributed by atoms with Crippen LogP contribution < -0.4 is 11.2 Å². The molecule has 0 saturated heterocycles. The Morgan fingerprint density at radius 1 is 1.25 bits per heavy atom. The minimum absolute atomic E-state index is 0.126. The van der Waals surface area contributed by atoms with Crippen molar-refractivity contribution >= 4 is 0 Å². The predicted molar refractivity (Wildman–Crippen MR) is 73.4 cm³/mol. The van der Waals surface area contributed by atoms with Crippen molar-refractivity contribution in [2.75, 3.05) is 0 Å². The van der Waals surface area contributed by atoms with Crippen LogP contribution >= 0.6 is 0 Å². The molecule has 0 spiro atoms. The first kappa shape index (κ1) is 14.0. The maximum atomic E-state index is 13.3. The fourth-order valence-corrected chi connectivity index (χ4v) is 2.05. The maximum absolute atomic E-state index is 13.3. The van der Waals surface area contributed by atoms with Crippen LogP contribution in [0.15, 0.2) is 33.9 Å². The van der Waals surface area contributed by atoms with Crippen molar-refractivity contribution in [2.24, 2.45) is 0 Å². The summed E-state index contributed by atoms with van der Waals surface area (Å²) in [7, 11) is 0. The van der Waals surface area contributed by atoms with E-state index in [0.717, 1.165) is 10.6 Å². The van der Waals surface area contributed by atoms with Crippen molar-refractivity contribution < 1.29 is 9.50 Å². The van der Waals surface area contributed by atoms with Gasteiger partial charge in [-0.3, -0.25) is 14.3 Å². The van der Waals surface area contributed by atoms with E-state index in [1.54, 1.807) is 20.8 Å². The Hall–Kier alpha value is -2.37. The maximum Gasteiger partial charge on any atom is 0.331 e. The van der Waals surface area contributed by atoms with E-state index in [9.17, 15) is 19.1 Å². The van der Waals surface area contributed by atoms with Gasteiger partial charge >= 0.3 is 5.69 Å². The Balaban J connectivity index is 2.85. The van der Waals surface area contributed by atoms with Crippen LogP contribution in [0.2, 0.25) is 0 Å². The molecule has 2 aromatic rings. The van der Waals surface area contributed by atoms with Gasteiger partial charge in [-0.2, -0.15) is 0 Å². The SMILES string of the molecule is CC(C)(C)n1c(O)c(-c2cccc(F)c2)c(=O)[nH]c1=O. The highest BCUT2D eigenvalue weighted by molar-refractivity contribution is 5.67. The summed E-state index contributed by atoms with van der Waals surface area (Å²) in [6.07, 6.45) is 0. The molecule has 0 unspecified atom stereocenters. The lowest BCUT2D eigenvalue weighted by atomic mass is 10.1. The third-order valence-corrected chi connectivity index (χ3v) is 2.87. The van der Waals surface area contributed by atoms with Crippen molar-refractivity contribution in [3.63, 3.8) is 0 Å². The smallest absolute Gasteiger partial charge is 0.331 e. The summed E-state index contributed by atoms with van der Waals surface area (Å²) in [5.41, 5.74) is -2.10. The average Bonchev–Trinajstić information content (AvgIpc) is 2.25. The van der Waals surface area contributed by atoms with E-state index in [0.29, 0.717) is 0 Å². The van der Waals surface area contributed by atoms with E-state index in [1.807, 2.05) is 0 Å². The third-order valence-electron chi connectivity index (χ3n) is 2.87. The number of H-pyrrole nitrogens is 1. The van der Waals surface area contributed by atoms with Crippen LogP contribution in [-0.2, 0) is 5.54 Å². The number of aromatic amines is 1. The molecular weight excluding hydrogens is 263 g/mol. The normalized spacial score (nSPS) is 11.6. The first-order valence-corrected chi connectivity index (χ1v) is 6.06. The van der Waals surface area contributed by atoms with Crippen molar-refractivity contribution in [3.05, 3.63) is 50.9 Å². The van der Waals surface area contributed by atoms with Gasteiger partial charge in [-0.1, -0.05) is 12.1 Å². The monoisotopic (exact) mass is 278 g/mol. The summed E-state index contributed by atoms with van der Waals surface area (Å²) >= 11 is 0. The zero-order chi connectivity index (χ0) is 15.1. The second-order valence-electron chi connectivity index (χ2n) is 5.47. The van der Waals surface area contributed by atoms with Crippen LogP contribution in [-0.4, -0.2) is 14.7 Å². The molecule has 0 aliphatic carbocycles. The zero-order valence-corrected chi connectivity index (χ0v) is 11.4. The lowest BCUT2D eigenvalue weighted by Gasteiger charge is -2.24. The molecular formula is C14H15FN2O3. The second-order valence-corrected chi connectivity index (χ2v) is 5.47. The molecule has 0 atom stereocenters. The Morgan fingerprint density at radius 2 is 1.90 bits per heavy atom. The number of rotatable bonds is 1. The van der Waals surface area contributed by atoms with Crippen molar-refractivity contribution in [1.82, 2.24) is 9.55 Å². The summed E-state index contributed by atoms with van der Waals surface area (Å²) in [4.78, 5) is 25.9. The van der Waals surface area contributed by atoms with Crippen LogP contribution in [0.25, 0.3) is 11.1 Å². The molecule has 2 rings (SSSR count). The number of hydrogen-bond acceptors (Lipinski definition) is 3. The predicted octanol–water partition coefficient (Wildman–Crippen LogP) is 1.80. The Bertz CT molecular complexity index is 769. The first-order valence-electron chi connectivity index (χ1n) is 6.06. The summed E-state index contributed by atoms with van der Waals surface area (Å²) in [5.74, 6) is -1.01. The number of nitrogens with zero attached hydrogens (tertiary/aromatic N) is 1. The second kappa shape index (κ2) is 4.63. The standard InChI is InChI=1S/C14H15FN2O3/c1-14(2,3)17-12(19)10(11(18)16-13(17)20)8-5-4-6-9(15)7-8/h4-7,19H,1-3H3,(H,16,18,20). The van der Waals surface area contributed by atoms with Crippen molar-refractivity contribution in [3.8, 4) is 17.0 Å². The number of aromatic hydroxyl groups is 1.